The smallest absolute Gasteiger partial charge is 0.259 e. The van der Waals surface area contributed by atoms with Crippen LogP contribution in [0.15, 0.2) is 23.3 Å². The molecule has 2 aromatic heterocycles. The van der Waals surface area contributed by atoms with E-state index in [9.17, 15) is 4.79 Å². The van der Waals surface area contributed by atoms with E-state index in [2.05, 4.69) is 15.3 Å². The number of hydrogen-bond acceptors (Lipinski definition) is 3. The highest BCUT2D eigenvalue weighted by atomic mass is 16.1. The van der Waals surface area contributed by atoms with Gasteiger partial charge in [0, 0.05) is 30.2 Å². The minimum Gasteiger partial charge on any atom is -0.327 e. The summed E-state index contributed by atoms with van der Waals surface area (Å²) < 4.78 is 1.52. The van der Waals surface area contributed by atoms with E-state index in [-0.39, 0.29) is 11.6 Å². The highest BCUT2D eigenvalue weighted by molar-refractivity contribution is 5.29. The van der Waals surface area contributed by atoms with Crippen molar-refractivity contribution in [1.29, 1.82) is 0 Å². The van der Waals surface area contributed by atoms with E-state index in [0.29, 0.717) is 5.78 Å². The third-order valence-corrected chi connectivity index (χ3v) is 3.10. The lowest BCUT2D eigenvalue weighted by molar-refractivity contribution is 0.405. The zero-order chi connectivity index (χ0) is 11.0. The van der Waals surface area contributed by atoms with Crippen molar-refractivity contribution in [2.24, 2.45) is 0 Å². The Morgan fingerprint density at radius 3 is 3.19 bits per heavy atom. The Labute approximate surface area is 92.5 Å². The molecule has 3 rings (SSSR count). The average Bonchev–Trinajstić information content (AvgIpc) is 2.79. The number of nitrogens with one attached hydrogen (secondary N) is 2. The van der Waals surface area contributed by atoms with Crippen molar-refractivity contribution in [1.82, 2.24) is 19.7 Å². The number of fused-ring (bicyclic) bond motifs is 1. The standard InChI is InChI=1S/C11H14N4O/c16-10-7-9(8-3-1-2-4-12-8)14-11-13-5-6-15(10)11/h5-8,12H,1-4H2,(H,13,14)/t8-/m1/s1. The quantitative estimate of drug-likeness (QED) is 0.745. The Morgan fingerprint density at radius 1 is 1.44 bits per heavy atom. The number of nitrogens with zero attached hydrogens (tertiary/aromatic N) is 2. The summed E-state index contributed by atoms with van der Waals surface area (Å²) in [5.41, 5.74) is 0.928. The second kappa shape index (κ2) is 3.75. The summed E-state index contributed by atoms with van der Waals surface area (Å²) in [5.74, 6) is 0.620. The van der Waals surface area contributed by atoms with Crippen LogP contribution >= 0.6 is 0 Å². The van der Waals surface area contributed by atoms with E-state index in [1.54, 1.807) is 18.5 Å². The van der Waals surface area contributed by atoms with Crippen LogP contribution in [0.3, 0.4) is 0 Å². The van der Waals surface area contributed by atoms with Gasteiger partial charge in [0.1, 0.15) is 0 Å². The molecule has 0 radical (unpaired) electrons. The number of piperidine rings is 1. The van der Waals surface area contributed by atoms with Gasteiger partial charge in [-0.1, -0.05) is 6.42 Å². The van der Waals surface area contributed by atoms with Gasteiger partial charge in [-0.05, 0) is 19.4 Å². The molecule has 1 atom stereocenters. The van der Waals surface area contributed by atoms with Crippen LogP contribution in [0.1, 0.15) is 31.0 Å². The van der Waals surface area contributed by atoms with E-state index < -0.39 is 0 Å². The maximum Gasteiger partial charge on any atom is 0.259 e. The molecule has 3 heterocycles. The van der Waals surface area contributed by atoms with Crippen LogP contribution in [0.4, 0.5) is 0 Å². The molecule has 2 aromatic rings. The van der Waals surface area contributed by atoms with E-state index in [1.165, 1.54) is 17.2 Å². The van der Waals surface area contributed by atoms with E-state index >= 15 is 0 Å². The van der Waals surface area contributed by atoms with Gasteiger partial charge in [0.25, 0.3) is 5.56 Å². The first kappa shape index (κ1) is 9.59. The van der Waals surface area contributed by atoms with Gasteiger partial charge in [0.2, 0.25) is 5.78 Å². The molecule has 1 saturated heterocycles. The largest absolute Gasteiger partial charge is 0.327 e. The fourth-order valence-electron chi connectivity index (χ4n) is 2.25. The van der Waals surface area contributed by atoms with Crippen LogP contribution in [-0.4, -0.2) is 20.9 Å². The first-order valence-electron chi connectivity index (χ1n) is 5.64. The molecule has 5 nitrogen and oxygen atoms in total. The summed E-state index contributed by atoms with van der Waals surface area (Å²) in [6.07, 6.45) is 6.80. The SMILES string of the molecule is O=c1cc([C@H]2CCCCN2)[nH]c2nccn12. The van der Waals surface area contributed by atoms with Crippen LogP contribution in [0.25, 0.3) is 5.78 Å². The number of aromatic amines is 1. The average molecular weight is 218 g/mol. The summed E-state index contributed by atoms with van der Waals surface area (Å²) in [6.45, 7) is 1.02. The van der Waals surface area contributed by atoms with Crippen LogP contribution in [0.2, 0.25) is 0 Å². The molecule has 0 unspecified atom stereocenters. The minimum atomic E-state index is -0.0198. The first-order valence-corrected chi connectivity index (χ1v) is 5.64. The van der Waals surface area contributed by atoms with Gasteiger partial charge in [-0.3, -0.25) is 9.20 Å². The maximum atomic E-state index is 11.8. The zero-order valence-electron chi connectivity index (χ0n) is 8.94. The first-order chi connectivity index (χ1) is 7.84. The number of H-pyrrole nitrogens is 1. The molecule has 2 N–H and O–H groups in total. The second-order valence-electron chi connectivity index (χ2n) is 4.19. The van der Waals surface area contributed by atoms with Crippen molar-refractivity contribution in [2.75, 3.05) is 6.54 Å². The topological polar surface area (TPSA) is 62.2 Å². The van der Waals surface area contributed by atoms with Gasteiger partial charge in [-0.25, -0.2) is 4.98 Å². The molecule has 0 spiro atoms. The Kier molecular flexibility index (Phi) is 2.25. The van der Waals surface area contributed by atoms with Crippen LogP contribution in [0, 0.1) is 0 Å². The van der Waals surface area contributed by atoms with Gasteiger partial charge in [-0.2, -0.15) is 0 Å². The number of hydrogen-bond donors (Lipinski definition) is 2. The lowest BCUT2D eigenvalue weighted by Crippen LogP contribution is -2.29. The summed E-state index contributed by atoms with van der Waals surface area (Å²) >= 11 is 0. The second-order valence-corrected chi connectivity index (χ2v) is 4.19. The molecule has 0 amide bonds. The molecular weight excluding hydrogens is 204 g/mol. The van der Waals surface area contributed by atoms with Crippen molar-refractivity contribution in [3.05, 3.63) is 34.5 Å². The van der Waals surface area contributed by atoms with Crippen LogP contribution < -0.4 is 10.9 Å². The Morgan fingerprint density at radius 2 is 2.38 bits per heavy atom. The van der Waals surface area contributed by atoms with E-state index in [1.807, 2.05) is 0 Å². The molecule has 0 aliphatic carbocycles. The molecule has 84 valence electrons. The lowest BCUT2D eigenvalue weighted by atomic mass is 10.0. The fourth-order valence-corrected chi connectivity index (χ4v) is 2.25. The predicted octanol–water partition coefficient (Wildman–Crippen LogP) is 0.837. The van der Waals surface area contributed by atoms with E-state index in [0.717, 1.165) is 18.7 Å². The predicted molar refractivity (Wildman–Crippen MR) is 60.4 cm³/mol. The van der Waals surface area contributed by atoms with Crippen LogP contribution in [-0.2, 0) is 0 Å². The fraction of sp³-hybridized carbons (Fsp3) is 0.455. The molecule has 0 bridgehead atoms. The third-order valence-electron chi connectivity index (χ3n) is 3.10. The summed E-state index contributed by atoms with van der Waals surface area (Å²) in [6, 6.07) is 1.93. The van der Waals surface area contributed by atoms with Gasteiger partial charge in [-0.15, -0.1) is 0 Å². The highest BCUT2D eigenvalue weighted by Gasteiger charge is 2.16. The lowest BCUT2D eigenvalue weighted by Gasteiger charge is -2.23. The molecule has 0 saturated carbocycles. The summed E-state index contributed by atoms with van der Waals surface area (Å²) in [5, 5.41) is 3.41. The Balaban J connectivity index is 2.06. The van der Waals surface area contributed by atoms with Gasteiger partial charge < -0.3 is 10.3 Å². The van der Waals surface area contributed by atoms with Crippen molar-refractivity contribution in [3.8, 4) is 0 Å². The van der Waals surface area contributed by atoms with Crippen molar-refractivity contribution >= 4 is 5.78 Å². The number of imidazole rings is 1. The highest BCUT2D eigenvalue weighted by Crippen LogP contribution is 2.20. The molecule has 0 aromatic carbocycles. The maximum absolute atomic E-state index is 11.8. The van der Waals surface area contributed by atoms with Crippen molar-refractivity contribution in [3.63, 3.8) is 0 Å². The van der Waals surface area contributed by atoms with Crippen LogP contribution in [0.5, 0.6) is 0 Å². The van der Waals surface area contributed by atoms with Crippen molar-refractivity contribution < 1.29 is 0 Å². The number of rotatable bonds is 1. The van der Waals surface area contributed by atoms with Gasteiger partial charge in [0.15, 0.2) is 0 Å². The molecular formula is C11H14N4O. The molecule has 5 heteroatoms. The molecule has 1 aliphatic rings. The molecule has 1 aliphatic heterocycles. The van der Waals surface area contributed by atoms with Crippen molar-refractivity contribution in [2.45, 2.75) is 25.3 Å². The molecule has 16 heavy (non-hydrogen) atoms. The number of aromatic nitrogens is 3. The molecule has 1 fully saturated rings. The normalized spacial score (nSPS) is 21.4. The third kappa shape index (κ3) is 1.53. The van der Waals surface area contributed by atoms with E-state index in [4.69, 9.17) is 0 Å². The Bertz CT molecular complexity index is 550. The monoisotopic (exact) mass is 218 g/mol. The summed E-state index contributed by atoms with van der Waals surface area (Å²) in [4.78, 5) is 19.1. The van der Waals surface area contributed by atoms with Gasteiger partial charge in [0.05, 0.1) is 0 Å². The Hall–Kier alpha value is -1.62. The summed E-state index contributed by atoms with van der Waals surface area (Å²) in [7, 11) is 0. The zero-order valence-corrected chi connectivity index (χ0v) is 8.94. The van der Waals surface area contributed by atoms with Gasteiger partial charge >= 0.3 is 0 Å². The minimum absolute atomic E-state index is 0.0198.